The van der Waals surface area contributed by atoms with E-state index in [2.05, 4.69) is 180 Å². The largest absolute Gasteiger partial charge is 0.278 e. The Labute approximate surface area is 303 Å². The molecule has 0 bridgehead atoms. The van der Waals surface area contributed by atoms with Crippen LogP contribution < -0.4 is 0 Å². The molecule has 0 unspecified atom stereocenters. The highest BCUT2D eigenvalue weighted by Gasteiger charge is 2.18. The Bertz CT molecular complexity index is 3190. The van der Waals surface area contributed by atoms with Crippen LogP contribution in [0, 0.1) is 0 Å². The van der Waals surface area contributed by atoms with Crippen molar-refractivity contribution in [3.63, 3.8) is 0 Å². The molecule has 3 aromatic heterocycles. The van der Waals surface area contributed by atoms with E-state index in [-0.39, 0.29) is 0 Å². The second kappa shape index (κ2) is 11.5. The van der Waals surface area contributed by atoms with E-state index in [0.717, 1.165) is 33.2 Å². The van der Waals surface area contributed by atoms with Crippen LogP contribution in [0.3, 0.4) is 0 Å². The summed E-state index contributed by atoms with van der Waals surface area (Å²) in [5.74, 6) is 0.662. The van der Waals surface area contributed by atoms with Gasteiger partial charge in [-0.2, -0.15) is 0 Å². The molecule has 8 aromatic carbocycles. The molecule has 3 nitrogen and oxygen atoms in total. The van der Waals surface area contributed by atoms with Crippen molar-refractivity contribution < 1.29 is 0 Å². The number of benzene rings is 8. The Balaban J connectivity index is 1.08. The van der Waals surface area contributed by atoms with Crippen molar-refractivity contribution in [1.82, 2.24) is 14.5 Å². The lowest BCUT2D eigenvalue weighted by atomic mass is 9.99. The van der Waals surface area contributed by atoms with Crippen LogP contribution in [-0.2, 0) is 0 Å². The lowest BCUT2D eigenvalue weighted by molar-refractivity contribution is 1.01. The van der Waals surface area contributed by atoms with Gasteiger partial charge in [0.25, 0.3) is 0 Å². The summed E-state index contributed by atoms with van der Waals surface area (Å²) in [5, 5.41) is 8.49. The molecule has 0 saturated carbocycles. The molecular weight excluding hydrogens is 651 g/mol. The summed E-state index contributed by atoms with van der Waals surface area (Å²) >= 11 is 1.85. The molecule has 11 rings (SSSR count). The zero-order valence-electron chi connectivity index (χ0n) is 28.0. The zero-order chi connectivity index (χ0) is 34.2. The molecule has 0 N–H and O–H groups in total. The topological polar surface area (TPSA) is 30.7 Å². The molecule has 0 fully saturated rings. The summed E-state index contributed by atoms with van der Waals surface area (Å²) in [4.78, 5) is 10.6. The van der Waals surface area contributed by atoms with Crippen LogP contribution in [0.4, 0.5) is 0 Å². The van der Waals surface area contributed by atoms with E-state index in [1.54, 1.807) is 0 Å². The minimum atomic E-state index is 0.662. The molecule has 0 aliphatic rings. The quantitative estimate of drug-likeness (QED) is 0.185. The van der Waals surface area contributed by atoms with E-state index >= 15 is 0 Å². The first-order chi connectivity index (χ1) is 25.7. The minimum Gasteiger partial charge on any atom is -0.278 e. The first-order valence-corrected chi connectivity index (χ1v) is 18.4. The molecule has 3 heterocycles. The van der Waals surface area contributed by atoms with Gasteiger partial charge in [-0.3, -0.25) is 4.57 Å². The van der Waals surface area contributed by atoms with E-state index < -0.39 is 0 Å². The summed E-state index contributed by atoms with van der Waals surface area (Å²) < 4.78 is 4.87. The first kappa shape index (κ1) is 29.1. The van der Waals surface area contributed by atoms with Crippen molar-refractivity contribution in [3.05, 3.63) is 176 Å². The second-order valence-corrected chi connectivity index (χ2v) is 14.5. The van der Waals surface area contributed by atoms with Gasteiger partial charge in [0.2, 0.25) is 5.95 Å². The highest BCUT2D eigenvalue weighted by molar-refractivity contribution is 7.25. The Hall–Kier alpha value is -6.62. The first-order valence-electron chi connectivity index (χ1n) is 17.6. The molecule has 0 radical (unpaired) electrons. The Morgan fingerprint density at radius 2 is 0.981 bits per heavy atom. The monoisotopic (exact) mass is 679 g/mol. The number of aromatic nitrogens is 3. The molecule has 0 spiro atoms. The van der Waals surface area contributed by atoms with Crippen LogP contribution >= 0.6 is 11.3 Å². The lowest BCUT2D eigenvalue weighted by Gasteiger charge is -2.13. The number of hydrogen-bond donors (Lipinski definition) is 0. The highest BCUT2D eigenvalue weighted by Crippen LogP contribution is 2.39. The number of para-hydroxylation sites is 2. The molecule has 0 amide bonds. The number of nitrogens with zero attached hydrogens (tertiary/aromatic N) is 3. The second-order valence-electron chi connectivity index (χ2n) is 13.4. The van der Waals surface area contributed by atoms with Crippen molar-refractivity contribution in [3.8, 4) is 39.5 Å². The van der Waals surface area contributed by atoms with Crippen molar-refractivity contribution in [1.29, 1.82) is 0 Å². The van der Waals surface area contributed by atoms with Crippen molar-refractivity contribution >= 4 is 75.0 Å². The van der Waals surface area contributed by atoms with Crippen LogP contribution in [-0.4, -0.2) is 14.5 Å². The normalized spacial score (nSPS) is 11.8. The number of hydrogen-bond acceptors (Lipinski definition) is 3. The third kappa shape index (κ3) is 4.58. The Morgan fingerprint density at radius 1 is 0.365 bits per heavy atom. The molecular formula is C48H29N3S. The third-order valence-corrected chi connectivity index (χ3v) is 11.6. The van der Waals surface area contributed by atoms with Gasteiger partial charge in [-0.05, 0) is 75.5 Å². The molecule has 0 saturated heterocycles. The van der Waals surface area contributed by atoms with Gasteiger partial charge in [-0.25, -0.2) is 9.97 Å². The smallest absolute Gasteiger partial charge is 0.235 e. The van der Waals surface area contributed by atoms with Gasteiger partial charge in [-0.1, -0.05) is 133 Å². The van der Waals surface area contributed by atoms with Crippen LogP contribution in [0.5, 0.6) is 0 Å². The van der Waals surface area contributed by atoms with E-state index in [9.17, 15) is 0 Å². The van der Waals surface area contributed by atoms with Gasteiger partial charge >= 0.3 is 0 Å². The van der Waals surface area contributed by atoms with Crippen LogP contribution in [0.25, 0.3) is 103 Å². The Morgan fingerprint density at radius 3 is 1.88 bits per heavy atom. The molecule has 52 heavy (non-hydrogen) atoms. The summed E-state index contributed by atoms with van der Waals surface area (Å²) in [6, 6.07) is 63.2. The molecule has 0 aliphatic carbocycles. The maximum Gasteiger partial charge on any atom is 0.235 e. The summed E-state index contributed by atoms with van der Waals surface area (Å²) in [6.07, 6.45) is 0. The fraction of sp³-hybridized carbons (Fsp3) is 0. The van der Waals surface area contributed by atoms with Crippen molar-refractivity contribution in [2.24, 2.45) is 0 Å². The number of fused-ring (bicyclic) bond motifs is 8. The SMILES string of the molecule is c1ccc2cc(-c3ccc(-c4nc(-n5c6ccccc6c6ccc(-c7ccc8sc9ccccc9c8c7)cc65)nc5ccccc45)cc3)ccc2c1. The van der Waals surface area contributed by atoms with Gasteiger partial charge in [-0.15, -0.1) is 11.3 Å². The molecule has 11 aromatic rings. The molecule has 0 atom stereocenters. The number of rotatable bonds is 4. The standard InChI is InChI=1S/C48H29N3S/c1-2-10-33-27-34(22-19-30(33)9-1)31-17-20-32(21-18-31)47-40-13-3-6-14-42(40)49-48(50-47)51-43-15-7-4-11-37(43)38-25-23-36(29-44(38)51)35-24-26-46-41(28-35)39-12-5-8-16-45(39)52-46/h1-29H. The zero-order valence-corrected chi connectivity index (χ0v) is 28.8. The van der Waals surface area contributed by atoms with Gasteiger partial charge in [0, 0.05) is 41.9 Å². The van der Waals surface area contributed by atoms with Crippen molar-refractivity contribution in [2.75, 3.05) is 0 Å². The predicted molar refractivity (Wildman–Crippen MR) is 221 cm³/mol. The average Bonchev–Trinajstić information content (AvgIpc) is 3.75. The van der Waals surface area contributed by atoms with E-state index in [0.29, 0.717) is 5.95 Å². The van der Waals surface area contributed by atoms with E-state index in [1.807, 2.05) is 11.3 Å². The van der Waals surface area contributed by atoms with Crippen molar-refractivity contribution in [2.45, 2.75) is 0 Å². The number of thiophene rings is 1. The fourth-order valence-electron chi connectivity index (χ4n) is 7.85. The van der Waals surface area contributed by atoms with Gasteiger partial charge in [0.15, 0.2) is 0 Å². The third-order valence-electron chi connectivity index (χ3n) is 10.4. The summed E-state index contributed by atoms with van der Waals surface area (Å²) in [7, 11) is 0. The lowest BCUT2D eigenvalue weighted by Crippen LogP contribution is -2.03. The summed E-state index contributed by atoms with van der Waals surface area (Å²) in [5.41, 5.74) is 9.80. The minimum absolute atomic E-state index is 0.662. The predicted octanol–water partition coefficient (Wildman–Crippen LogP) is 13.2. The van der Waals surface area contributed by atoms with E-state index in [4.69, 9.17) is 9.97 Å². The van der Waals surface area contributed by atoms with Crippen LogP contribution in [0.2, 0.25) is 0 Å². The summed E-state index contributed by atoms with van der Waals surface area (Å²) in [6.45, 7) is 0. The van der Waals surface area contributed by atoms with Gasteiger partial charge in [0.05, 0.1) is 22.2 Å². The van der Waals surface area contributed by atoms with Gasteiger partial charge < -0.3 is 0 Å². The molecule has 0 aliphatic heterocycles. The molecule has 4 heteroatoms. The fourth-order valence-corrected chi connectivity index (χ4v) is 8.93. The van der Waals surface area contributed by atoms with Crippen LogP contribution in [0.15, 0.2) is 176 Å². The maximum absolute atomic E-state index is 5.38. The van der Waals surface area contributed by atoms with Crippen LogP contribution in [0.1, 0.15) is 0 Å². The van der Waals surface area contributed by atoms with Gasteiger partial charge in [0.1, 0.15) is 0 Å². The average molecular weight is 680 g/mol. The molecule has 242 valence electrons. The maximum atomic E-state index is 5.38. The Kier molecular flexibility index (Phi) is 6.42. The highest BCUT2D eigenvalue weighted by atomic mass is 32.1. The van der Waals surface area contributed by atoms with E-state index in [1.165, 1.54) is 64.0 Å².